The Morgan fingerprint density at radius 2 is 2.11 bits per heavy atom. The van der Waals surface area contributed by atoms with Gasteiger partial charge in [0.2, 0.25) is 5.91 Å². The molecule has 2 aromatic rings. The third-order valence-corrected chi connectivity index (χ3v) is 4.64. The highest BCUT2D eigenvalue weighted by Crippen LogP contribution is 2.23. The highest BCUT2D eigenvalue weighted by molar-refractivity contribution is 5.86. The molecule has 28 heavy (non-hydrogen) atoms. The molecule has 7 heteroatoms. The summed E-state index contributed by atoms with van der Waals surface area (Å²) in [5, 5.41) is 2.85. The Morgan fingerprint density at radius 1 is 1.32 bits per heavy atom. The zero-order chi connectivity index (χ0) is 19.9. The standard InChI is InChI=1S/C21H25N3O4/c1-3-24(11-12-27-17-8-6-15(2)7-9-17)21(26)20-19(23-18(25)14-28-20)16-5-4-10-22-13-16/h4-10,13,19-20H,3,11-12,14H2,1-2H3,(H,23,25)/t19-,20+/m1/s1. The van der Waals surface area contributed by atoms with Gasteiger partial charge in [-0.1, -0.05) is 23.8 Å². The first kappa shape index (κ1) is 19.8. The Labute approximate surface area is 164 Å². The van der Waals surface area contributed by atoms with Gasteiger partial charge in [-0.2, -0.15) is 0 Å². The van der Waals surface area contributed by atoms with E-state index < -0.39 is 12.1 Å². The van der Waals surface area contributed by atoms with Crippen LogP contribution in [0.25, 0.3) is 0 Å². The van der Waals surface area contributed by atoms with Gasteiger partial charge >= 0.3 is 0 Å². The largest absolute Gasteiger partial charge is 0.492 e. The molecule has 1 aliphatic heterocycles. The van der Waals surface area contributed by atoms with Gasteiger partial charge in [0.1, 0.15) is 19.0 Å². The van der Waals surface area contributed by atoms with Crippen LogP contribution in [0.1, 0.15) is 24.1 Å². The molecule has 148 valence electrons. The first-order valence-electron chi connectivity index (χ1n) is 9.37. The normalized spacial score (nSPS) is 19.0. The number of nitrogens with zero attached hydrogens (tertiary/aromatic N) is 2. The summed E-state index contributed by atoms with van der Waals surface area (Å²) in [6.07, 6.45) is 2.49. The second kappa shape index (κ2) is 9.32. The van der Waals surface area contributed by atoms with Crippen LogP contribution in [-0.2, 0) is 14.3 Å². The summed E-state index contributed by atoms with van der Waals surface area (Å²) in [4.78, 5) is 30.6. The number of likely N-dealkylation sites (N-methyl/N-ethyl adjacent to an activating group) is 1. The van der Waals surface area contributed by atoms with E-state index in [0.717, 1.165) is 16.9 Å². The Kier molecular flexibility index (Phi) is 6.60. The number of ether oxygens (including phenoxy) is 2. The van der Waals surface area contributed by atoms with Gasteiger partial charge in [-0.15, -0.1) is 0 Å². The lowest BCUT2D eigenvalue weighted by molar-refractivity contribution is -0.155. The average molecular weight is 383 g/mol. The average Bonchev–Trinajstić information content (AvgIpc) is 2.73. The Balaban J connectivity index is 1.64. The number of benzene rings is 1. The van der Waals surface area contributed by atoms with Crippen molar-refractivity contribution in [2.24, 2.45) is 0 Å². The van der Waals surface area contributed by atoms with Crippen LogP contribution in [-0.4, -0.2) is 54.1 Å². The molecule has 1 aromatic carbocycles. The topological polar surface area (TPSA) is 80.8 Å². The molecule has 3 rings (SSSR count). The van der Waals surface area contributed by atoms with Crippen molar-refractivity contribution >= 4 is 11.8 Å². The van der Waals surface area contributed by atoms with Crippen LogP contribution in [0.5, 0.6) is 5.75 Å². The third-order valence-electron chi connectivity index (χ3n) is 4.64. The van der Waals surface area contributed by atoms with Crippen molar-refractivity contribution in [3.63, 3.8) is 0 Å². The van der Waals surface area contributed by atoms with E-state index in [1.807, 2.05) is 44.2 Å². The quantitative estimate of drug-likeness (QED) is 0.790. The van der Waals surface area contributed by atoms with Crippen LogP contribution < -0.4 is 10.1 Å². The Bertz CT molecular complexity index is 795. The summed E-state index contributed by atoms with van der Waals surface area (Å²) < 4.78 is 11.4. The summed E-state index contributed by atoms with van der Waals surface area (Å²) in [7, 11) is 0. The monoisotopic (exact) mass is 383 g/mol. The van der Waals surface area contributed by atoms with E-state index >= 15 is 0 Å². The van der Waals surface area contributed by atoms with E-state index in [1.54, 1.807) is 23.4 Å². The number of nitrogens with one attached hydrogen (secondary N) is 1. The maximum absolute atomic E-state index is 13.1. The highest BCUT2D eigenvalue weighted by Gasteiger charge is 2.38. The van der Waals surface area contributed by atoms with Gasteiger partial charge in [0, 0.05) is 18.9 Å². The molecule has 0 unspecified atom stereocenters. The maximum Gasteiger partial charge on any atom is 0.254 e. The molecular formula is C21H25N3O4. The first-order valence-corrected chi connectivity index (χ1v) is 9.37. The van der Waals surface area contributed by atoms with Gasteiger partial charge in [0.05, 0.1) is 12.6 Å². The Hall–Kier alpha value is -2.93. The zero-order valence-electron chi connectivity index (χ0n) is 16.1. The number of aryl methyl sites for hydroxylation is 1. The van der Waals surface area contributed by atoms with E-state index in [4.69, 9.17) is 9.47 Å². The number of hydrogen-bond donors (Lipinski definition) is 1. The predicted molar refractivity (Wildman–Crippen MR) is 104 cm³/mol. The molecule has 1 aliphatic rings. The first-order chi connectivity index (χ1) is 13.6. The molecule has 2 atom stereocenters. The zero-order valence-corrected chi connectivity index (χ0v) is 16.1. The Morgan fingerprint density at radius 3 is 2.79 bits per heavy atom. The number of rotatable bonds is 7. The second-order valence-corrected chi connectivity index (χ2v) is 6.64. The van der Waals surface area contributed by atoms with Crippen molar-refractivity contribution in [3.05, 3.63) is 59.9 Å². The lowest BCUT2D eigenvalue weighted by Crippen LogP contribution is -2.53. The summed E-state index contributed by atoms with van der Waals surface area (Å²) >= 11 is 0. The van der Waals surface area contributed by atoms with Gasteiger partial charge in [0.25, 0.3) is 5.91 Å². The molecule has 1 N–H and O–H groups in total. The van der Waals surface area contributed by atoms with Crippen LogP contribution in [0, 0.1) is 6.92 Å². The highest BCUT2D eigenvalue weighted by atomic mass is 16.5. The number of aromatic nitrogens is 1. The van der Waals surface area contributed by atoms with E-state index in [1.165, 1.54) is 0 Å². The number of hydrogen-bond acceptors (Lipinski definition) is 5. The molecule has 0 spiro atoms. The van der Waals surface area contributed by atoms with Crippen molar-refractivity contribution < 1.29 is 19.1 Å². The van der Waals surface area contributed by atoms with Crippen molar-refractivity contribution in [3.8, 4) is 5.75 Å². The number of carbonyl (C=O) groups excluding carboxylic acids is 2. The molecule has 1 aromatic heterocycles. The van der Waals surface area contributed by atoms with Gasteiger partial charge in [-0.3, -0.25) is 14.6 Å². The minimum atomic E-state index is -0.791. The molecule has 1 fully saturated rings. The smallest absolute Gasteiger partial charge is 0.254 e. The molecule has 1 saturated heterocycles. The van der Waals surface area contributed by atoms with Crippen molar-refractivity contribution in [1.82, 2.24) is 15.2 Å². The number of morpholine rings is 1. The van der Waals surface area contributed by atoms with Gasteiger partial charge in [-0.25, -0.2) is 0 Å². The van der Waals surface area contributed by atoms with E-state index in [9.17, 15) is 9.59 Å². The van der Waals surface area contributed by atoms with E-state index in [2.05, 4.69) is 10.3 Å². The maximum atomic E-state index is 13.1. The third kappa shape index (κ3) is 4.86. The molecule has 0 bridgehead atoms. The molecule has 0 radical (unpaired) electrons. The summed E-state index contributed by atoms with van der Waals surface area (Å²) in [5.41, 5.74) is 1.90. The van der Waals surface area contributed by atoms with Gasteiger partial charge in [0.15, 0.2) is 6.10 Å². The lowest BCUT2D eigenvalue weighted by Gasteiger charge is -2.34. The second-order valence-electron chi connectivity index (χ2n) is 6.64. The van der Waals surface area contributed by atoms with E-state index in [-0.39, 0.29) is 18.4 Å². The van der Waals surface area contributed by atoms with Crippen LogP contribution >= 0.6 is 0 Å². The summed E-state index contributed by atoms with van der Waals surface area (Å²) in [5.74, 6) is 0.344. The van der Waals surface area contributed by atoms with Crippen LogP contribution in [0.3, 0.4) is 0 Å². The van der Waals surface area contributed by atoms with Crippen molar-refractivity contribution in [2.45, 2.75) is 26.0 Å². The molecule has 0 saturated carbocycles. The van der Waals surface area contributed by atoms with Crippen LogP contribution in [0.4, 0.5) is 0 Å². The van der Waals surface area contributed by atoms with Gasteiger partial charge in [-0.05, 0) is 37.6 Å². The molecule has 2 heterocycles. The molecule has 2 amide bonds. The van der Waals surface area contributed by atoms with Crippen LogP contribution in [0.15, 0.2) is 48.8 Å². The van der Waals surface area contributed by atoms with E-state index in [0.29, 0.717) is 19.7 Å². The minimum absolute atomic E-state index is 0.134. The van der Waals surface area contributed by atoms with Crippen LogP contribution in [0.2, 0.25) is 0 Å². The number of pyridine rings is 1. The summed E-state index contributed by atoms with van der Waals surface area (Å²) in [6, 6.07) is 10.8. The fraction of sp³-hybridized carbons (Fsp3) is 0.381. The number of amides is 2. The SMILES string of the molecule is CCN(CCOc1ccc(C)cc1)C(=O)[C@H]1OCC(=O)N[C@@H]1c1cccnc1. The fourth-order valence-electron chi connectivity index (χ4n) is 3.10. The van der Waals surface area contributed by atoms with Crippen molar-refractivity contribution in [2.75, 3.05) is 26.3 Å². The van der Waals surface area contributed by atoms with Crippen molar-refractivity contribution in [1.29, 1.82) is 0 Å². The minimum Gasteiger partial charge on any atom is -0.492 e. The molecular weight excluding hydrogens is 358 g/mol. The van der Waals surface area contributed by atoms with Gasteiger partial charge < -0.3 is 19.7 Å². The molecule has 0 aliphatic carbocycles. The summed E-state index contributed by atoms with van der Waals surface area (Å²) in [6.45, 7) is 5.11. The molecule has 7 nitrogen and oxygen atoms in total. The fourth-order valence-corrected chi connectivity index (χ4v) is 3.10. The predicted octanol–water partition coefficient (Wildman–Crippen LogP) is 1.87. The number of carbonyl (C=O) groups is 2. The lowest BCUT2D eigenvalue weighted by atomic mass is 10.0.